The number of carboxylic acid groups (broad SMARTS) is 1. The Hall–Kier alpha value is -2.64. The summed E-state index contributed by atoms with van der Waals surface area (Å²) in [4.78, 5) is 32.4. The van der Waals surface area contributed by atoms with Gasteiger partial charge in [-0.3, -0.25) is 14.9 Å². The summed E-state index contributed by atoms with van der Waals surface area (Å²) in [5, 5.41) is 24.8. The number of carboxylic acids is 1. The van der Waals surface area contributed by atoms with E-state index < -0.39 is 16.9 Å². The van der Waals surface area contributed by atoms with Gasteiger partial charge in [0.25, 0.3) is 5.69 Å². The van der Waals surface area contributed by atoms with Crippen molar-refractivity contribution in [2.75, 3.05) is 11.9 Å². The molecule has 0 bridgehead atoms. The zero-order chi connectivity index (χ0) is 16.5. The van der Waals surface area contributed by atoms with E-state index in [1.807, 2.05) is 0 Å². The van der Waals surface area contributed by atoms with Crippen LogP contribution in [-0.4, -0.2) is 34.5 Å². The van der Waals surface area contributed by atoms with Crippen LogP contribution >= 0.6 is 0 Å². The van der Waals surface area contributed by atoms with E-state index in [0.717, 1.165) is 5.69 Å². The molecule has 0 aliphatic rings. The van der Waals surface area contributed by atoms with Crippen LogP contribution in [0.4, 0.5) is 11.4 Å². The summed E-state index contributed by atoms with van der Waals surface area (Å²) in [6.45, 7) is 2.20. The summed E-state index contributed by atoms with van der Waals surface area (Å²) in [6, 6.07) is 5.13. The number of carbonyl (C=O) groups excluding carboxylic acids is 1. The second-order valence-electron chi connectivity index (χ2n) is 4.70. The third-order valence-corrected chi connectivity index (χ3v) is 3.03. The van der Waals surface area contributed by atoms with Gasteiger partial charge >= 0.3 is 5.97 Å². The van der Waals surface area contributed by atoms with E-state index >= 15 is 0 Å². The van der Waals surface area contributed by atoms with Gasteiger partial charge in [-0.15, -0.1) is 0 Å². The first-order chi connectivity index (χ1) is 10.4. The minimum atomic E-state index is -1.04. The quantitative estimate of drug-likeness (QED) is 0.363. The molecule has 0 aliphatic carbocycles. The molecule has 1 unspecified atom stereocenters. The molecule has 3 N–H and O–H groups in total. The molecule has 120 valence electrons. The molecule has 1 rings (SSSR count). The highest BCUT2D eigenvalue weighted by Gasteiger charge is 2.16. The van der Waals surface area contributed by atoms with Crippen molar-refractivity contribution in [2.24, 2.45) is 0 Å². The van der Waals surface area contributed by atoms with Gasteiger partial charge in [0.05, 0.1) is 4.92 Å². The minimum Gasteiger partial charge on any atom is -0.480 e. The minimum absolute atomic E-state index is 0.0178. The Morgan fingerprint density at radius 3 is 2.45 bits per heavy atom. The molecule has 0 aliphatic heterocycles. The Balaban J connectivity index is 2.28. The van der Waals surface area contributed by atoms with Gasteiger partial charge in [-0.2, -0.15) is 0 Å². The number of nitro groups is 1. The van der Waals surface area contributed by atoms with E-state index in [1.165, 1.54) is 12.1 Å². The maximum absolute atomic E-state index is 11.6. The fraction of sp³-hybridized carbons (Fsp3) is 0.429. The van der Waals surface area contributed by atoms with Crippen molar-refractivity contribution < 1.29 is 19.6 Å². The topological polar surface area (TPSA) is 122 Å². The summed E-state index contributed by atoms with van der Waals surface area (Å²) >= 11 is 0. The molecule has 22 heavy (non-hydrogen) atoms. The van der Waals surface area contributed by atoms with Crippen LogP contribution in [0.2, 0.25) is 0 Å². The van der Waals surface area contributed by atoms with E-state index in [9.17, 15) is 19.7 Å². The molecule has 0 spiro atoms. The largest absolute Gasteiger partial charge is 0.480 e. The average molecular weight is 309 g/mol. The third kappa shape index (κ3) is 5.78. The lowest BCUT2D eigenvalue weighted by molar-refractivity contribution is -0.384. The van der Waals surface area contributed by atoms with Gasteiger partial charge in [-0.05, 0) is 25.0 Å². The Labute approximate surface area is 127 Å². The van der Waals surface area contributed by atoms with Crippen molar-refractivity contribution in [1.82, 2.24) is 5.32 Å². The standard InChI is InChI=1S/C14H19N3O5/c1-2-12(14(19)20)16-13(18)4-3-9-15-10-5-7-11(8-6-10)17(21)22/h5-8,12,15H,2-4,9H2,1H3,(H,16,18)(H,19,20). The Kier molecular flexibility index (Phi) is 6.81. The maximum Gasteiger partial charge on any atom is 0.326 e. The Morgan fingerprint density at radius 2 is 1.95 bits per heavy atom. The molecule has 0 aromatic heterocycles. The van der Waals surface area contributed by atoms with Crippen molar-refractivity contribution in [2.45, 2.75) is 32.2 Å². The highest BCUT2D eigenvalue weighted by Crippen LogP contribution is 2.15. The van der Waals surface area contributed by atoms with E-state index in [0.29, 0.717) is 19.4 Å². The fourth-order valence-electron chi connectivity index (χ4n) is 1.79. The first kappa shape index (κ1) is 17.4. The number of hydrogen-bond donors (Lipinski definition) is 3. The number of nitrogens with one attached hydrogen (secondary N) is 2. The first-order valence-electron chi connectivity index (χ1n) is 6.94. The summed E-state index contributed by atoms with van der Waals surface area (Å²) in [7, 11) is 0. The number of amides is 1. The van der Waals surface area contributed by atoms with Crippen LogP contribution in [0, 0.1) is 10.1 Å². The van der Waals surface area contributed by atoms with Crippen LogP contribution in [0.1, 0.15) is 26.2 Å². The molecule has 1 aromatic rings. The molecule has 1 aromatic carbocycles. The van der Waals surface area contributed by atoms with Crippen molar-refractivity contribution in [1.29, 1.82) is 0 Å². The van der Waals surface area contributed by atoms with Gasteiger partial charge in [0.2, 0.25) is 5.91 Å². The molecule has 0 radical (unpaired) electrons. The van der Waals surface area contributed by atoms with Crippen molar-refractivity contribution in [3.8, 4) is 0 Å². The van der Waals surface area contributed by atoms with E-state index in [-0.39, 0.29) is 18.0 Å². The highest BCUT2D eigenvalue weighted by molar-refractivity contribution is 5.83. The van der Waals surface area contributed by atoms with Gasteiger partial charge in [-0.25, -0.2) is 4.79 Å². The lowest BCUT2D eigenvalue weighted by Crippen LogP contribution is -2.40. The molecule has 0 saturated carbocycles. The van der Waals surface area contributed by atoms with E-state index in [2.05, 4.69) is 10.6 Å². The Morgan fingerprint density at radius 1 is 1.32 bits per heavy atom. The first-order valence-corrected chi connectivity index (χ1v) is 6.94. The molecule has 8 heteroatoms. The molecular weight excluding hydrogens is 290 g/mol. The summed E-state index contributed by atoms with van der Waals surface area (Å²) in [5.41, 5.74) is 0.743. The van der Waals surface area contributed by atoms with Crippen molar-refractivity contribution in [3.05, 3.63) is 34.4 Å². The molecule has 0 saturated heterocycles. The number of nitrogens with zero attached hydrogens (tertiary/aromatic N) is 1. The number of benzene rings is 1. The third-order valence-electron chi connectivity index (χ3n) is 3.03. The number of rotatable bonds is 9. The lowest BCUT2D eigenvalue weighted by Gasteiger charge is -2.12. The molecule has 1 amide bonds. The number of aliphatic carboxylic acids is 1. The number of anilines is 1. The second-order valence-corrected chi connectivity index (χ2v) is 4.70. The van der Waals surface area contributed by atoms with Gasteiger partial charge in [0.1, 0.15) is 6.04 Å². The Bertz CT molecular complexity index is 530. The number of hydrogen-bond acceptors (Lipinski definition) is 5. The van der Waals surface area contributed by atoms with Crippen LogP contribution in [0.25, 0.3) is 0 Å². The van der Waals surface area contributed by atoms with E-state index in [1.54, 1.807) is 19.1 Å². The normalized spacial score (nSPS) is 11.5. The van der Waals surface area contributed by atoms with Crippen LogP contribution in [0.3, 0.4) is 0 Å². The molecular formula is C14H19N3O5. The van der Waals surface area contributed by atoms with E-state index in [4.69, 9.17) is 5.11 Å². The molecule has 0 fully saturated rings. The fourth-order valence-corrected chi connectivity index (χ4v) is 1.79. The van der Waals surface area contributed by atoms with Gasteiger partial charge < -0.3 is 15.7 Å². The van der Waals surface area contributed by atoms with Crippen LogP contribution in [-0.2, 0) is 9.59 Å². The number of non-ortho nitro benzene ring substituents is 1. The zero-order valence-electron chi connectivity index (χ0n) is 12.2. The number of carbonyl (C=O) groups is 2. The summed E-state index contributed by atoms with van der Waals surface area (Å²) in [6.07, 6.45) is 1.07. The number of nitro benzene ring substituents is 1. The maximum atomic E-state index is 11.6. The predicted molar refractivity (Wildman–Crippen MR) is 80.7 cm³/mol. The van der Waals surface area contributed by atoms with Crippen LogP contribution in [0.15, 0.2) is 24.3 Å². The monoisotopic (exact) mass is 309 g/mol. The smallest absolute Gasteiger partial charge is 0.326 e. The lowest BCUT2D eigenvalue weighted by atomic mass is 10.2. The summed E-state index contributed by atoms with van der Waals surface area (Å²) < 4.78 is 0. The van der Waals surface area contributed by atoms with Crippen molar-refractivity contribution in [3.63, 3.8) is 0 Å². The SMILES string of the molecule is CCC(NC(=O)CCCNc1ccc([N+](=O)[O-])cc1)C(=O)O. The zero-order valence-corrected chi connectivity index (χ0v) is 12.2. The average Bonchev–Trinajstić information content (AvgIpc) is 2.49. The summed E-state index contributed by atoms with van der Waals surface area (Å²) in [5.74, 6) is -1.35. The van der Waals surface area contributed by atoms with Gasteiger partial charge in [-0.1, -0.05) is 6.92 Å². The van der Waals surface area contributed by atoms with Crippen LogP contribution in [0.5, 0.6) is 0 Å². The van der Waals surface area contributed by atoms with Gasteiger partial charge in [0.15, 0.2) is 0 Å². The van der Waals surface area contributed by atoms with Crippen molar-refractivity contribution >= 4 is 23.3 Å². The highest BCUT2D eigenvalue weighted by atomic mass is 16.6. The van der Waals surface area contributed by atoms with Gasteiger partial charge in [0, 0.05) is 30.8 Å². The van der Waals surface area contributed by atoms with Crippen LogP contribution < -0.4 is 10.6 Å². The predicted octanol–water partition coefficient (Wildman–Crippen LogP) is 1.77. The second kappa shape index (κ2) is 8.60. The molecule has 8 nitrogen and oxygen atoms in total. The molecule has 1 atom stereocenters. The molecule has 0 heterocycles.